The van der Waals surface area contributed by atoms with Crippen molar-refractivity contribution in [3.8, 4) is 0 Å². The molecule has 2 N–H and O–H groups in total. The fraction of sp³-hybridized carbons (Fsp3) is 1.00. The molecule has 1 unspecified atom stereocenters. The summed E-state index contributed by atoms with van der Waals surface area (Å²) in [4.78, 5) is 0. The number of hydrogen-bond acceptors (Lipinski definition) is 2. The van der Waals surface area contributed by atoms with Gasteiger partial charge in [0.25, 0.3) is 0 Å². The highest BCUT2D eigenvalue weighted by molar-refractivity contribution is 5.02. The van der Waals surface area contributed by atoms with Gasteiger partial charge in [-0.15, -0.1) is 0 Å². The molecule has 3 fully saturated rings. The Bertz CT molecular complexity index is 241. The summed E-state index contributed by atoms with van der Waals surface area (Å²) < 4.78 is 0. The highest BCUT2D eigenvalue weighted by Crippen LogP contribution is 2.51. The van der Waals surface area contributed by atoms with E-state index in [2.05, 4.69) is 5.32 Å². The van der Waals surface area contributed by atoms with Crippen LogP contribution in [0.5, 0.6) is 0 Å². The Morgan fingerprint density at radius 1 is 1.06 bits per heavy atom. The van der Waals surface area contributed by atoms with Gasteiger partial charge < -0.3 is 10.4 Å². The number of hydrogen-bond donors (Lipinski definition) is 2. The van der Waals surface area contributed by atoms with E-state index in [0.717, 1.165) is 31.3 Å². The molecule has 0 aliphatic heterocycles. The standard InChI is InChI=1S/C14H25NO/c16-12-8-11(9-12)10-15-13-4-7-14(13)5-2-1-3-6-14/h11-13,15-16H,1-10H2. The molecular formula is C14H25NO. The van der Waals surface area contributed by atoms with Crippen molar-refractivity contribution in [1.82, 2.24) is 5.32 Å². The summed E-state index contributed by atoms with van der Waals surface area (Å²) >= 11 is 0. The van der Waals surface area contributed by atoms with Gasteiger partial charge in [-0.2, -0.15) is 0 Å². The quantitative estimate of drug-likeness (QED) is 0.770. The Balaban J connectivity index is 1.44. The maximum atomic E-state index is 9.27. The van der Waals surface area contributed by atoms with E-state index in [4.69, 9.17) is 0 Å². The van der Waals surface area contributed by atoms with Gasteiger partial charge in [-0.1, -0.05) is 19.3 Å². The summed E-state index contributed by atoms with van der Waals surface area (Å²) in [7, 11) is 0. The molecule has 0 aromatic rings. The van der Waals surface area contributed by atoms with Gasteiger partial charge in [-0.25, -0.2) is 0 Å². The molecule has 2 heteroatoms. The van der Waals surface area contributed by atoms with Gasteiger partial charge >= 0.3 is 0 Å². The van der Waals surface area contributed by atoms with Crippen LogP contribution < -0.4 is 5.32 Å². The lowest BCUT2D eigenvalue weighted by Gasteiger charge is -2.53. The number of rotatable bonds is 3. The first kappa shape index (κ1) is 11.0. The van der Waals surface area contributed by atoms with Crippen LogP contribution in [0.4, 0.5) is 0 Å². The fourth-order valence-electron chi connectivity index (χ4n) is 4.05. The third-order valence-corrected chi connectivity index (χ3v) is 5.38. The summed E-state index contributed by atoms with van der Waals surface area (Å²) in [5, 5.41) is 13.1. The predicted octanol–water partition coefficient (Wildman–Crippen LogP) is 2.46. The lowest BCUT2D eigenvalue weighted by molar-refractivity contribution is 0.00422. The molecule has 3 aliphatic rings. The van der Waals surface area contributed by atoms with Gasteiger partial charge in [-0.3, -0.25) is 0 Å². The van der Waals surface area contributed by atoms with Crippen LogP contribution in [0.15, 0.2) is 0 Å². The molecule has 1 spiro atoms. The van der Waals surface area contributed by atoms with Gasteiger partial charge in [0.05, 0.1) is 6.10 Å². The monoisotopic (exact) mass is 223 g/mol. The molecule has 0 amide bonds. The Morgan fingerprint density at radius 3 is 2.38 bits per heavy atom. The molecule has 3 aliphatic carbocycles. The third kappa shape index (κ3) is 1.91. The molecule has 3 saturated carbocycles. The highest BCUT2D eigenvalue weighted by atomic mass is 16.3. The summed E-state index contributed by atoms with van der Waals surface area (Å²) in [6, 6.07) is 0.811. The Morgan fingerprint density at radius 2 is 1.81 bits per heavy atom. The van der Waals surface area contributed by atoms with Crippen molar-refractivity contribution in [3.63, 3.8) is 0 Å². The summed E-state index contributed by atoms with van der Waals surface area (Å²) in [5.41, 5.74) is 0.695. The van der Waals surface area contributed by atoms with Crippen LogP contribution in [0.1, 0.15) is 57.8 Å². The largest absolute Gasteiger partial charge is 0.393 e. The minimum atomic E-state index is 0.0110. The van der Waals surface area contributed by atoms with Crippen LogP contribution in [0.25, 0.3) is 0 Å². The summed E-state index contributed by atoms with van der Waals surface area (Å²) in [6.07, 6.45) is 12.3. The number of aliphatic hydroxyl groups excluding tert-OH is 1. The van der Waals surface area contributed by atoms with Crippen molar-refractivity contribution in [2.75, 3.05) is 6.54 Å². The Labute approximate surface area is 98.8 Å². The second kappa shape index (κ2) is 4.30. The predicted molar refractivity (Wildman–Crippen MR) is 65.3 cm³/mol. The molecule has 1 atom stereocenters. The van der Waals surface area contributed by atoms with E-state index in [1.54, 1.807) is 0 Å². The van der Waals surface area contributed by atoms with Crippen molar-refractivity contribution in [3.05, 3.63) is 0 Å². The highest BCUT2D eigenvalue weighted by Gasteiger charge is 2.46. The lowest BCUT2D eigenvalue weighted by Crippen LogP contribution is -2.55. The zero-order chi connectivity index (χ0) is 11.0. The van der Waals surface area contributed by atoms with Crippen molar-refractivity contribution >= 4 is 0 Å². The smallest absolute Gasteiger partial charge is 0.0546 e. The average Bonchev–Trinajstić information content (AvgIpc) is 2.26. The maximum absolute atomic E-state index is 9.27. The van der Waals surface area contributed by atoms with Crippen molar-refractivity contribution in [2.45, 2.75) is 69.9 Å². The SMILES string of the molecule is OC1CC(CNC2CCC23CCCCC3)C1. The average molecular weight is 223 g/mol. The summed E-state index contributed by atoms with van der Waals surface area (Å²) in [6.45, 7) is 1.16. The van der Waals surface area contributed by atoms with E-state index in [0.29, 0.717) is 5.41 Å². The first-order valence-electron chi connectivity index (χ1n) is 7.20. The Kier molecular flexibility index (Phi) is 2.97. The molecule has 16 heavy (non-hydrogen) atoms. The fourth-order valence-corrected chi connectivity index (χ4v) is 4.05. The molecule has 92 valence electrons. The molecule has 0 aromatic heterocycles. The number of aliphatic hydroxyl groups is 1. The third-order valence-electron chi connectivity index (χ3n) is 5.38. The van der Waals surface area contributed by atoms with Gasteiger partial charge in [0, 0.05) is 6.04 Å². The van der Waals surface area contributed by atoms with Crippen molar-refractivity contribution in [1.29, 1.82) is 0 Å². The second-order valence-electron chi connectivity index (χ2n) is 6.41. The minimum absolute atomic E-state index is 0.0110. The van der Waals surface area contributed by atoms with Crippen molar-refractivity contribution < 1.29 is 5.11 Å². The van der Waals surface area contributed by atoms with E-state index in [-0.39, 0.29) is 6.10 Å². The second-order valence-corrected chi connectivity index (χ2v) is 6.41. The van der Waals surface area contributed by atoms with E-state index in [1.807, 2.05) is 0 Å². The molecule has 2 nitrogen and oxygen atoms in total. The molecule has 0 saturated heterocycles. The lowest BCUT2D eigenvalue weighted by atomic mass is 9.57. The summed E-state index contributed by atoms with van der Waals surface area (Å²) in [5.74, 6) is 0.760. The van der Waals surface area contributed by atoms with Crippen LogP contribution in [-0.2, 0) is 0 Å². The van der Waals surface area contributed by atoms with Gasteiger partial charge in [0.2, 0.25) is 0 Å². The van der Waals surface area contributed by atoms with Crippen LogP contribution in [0.3, 0.4) is 0 Å². The first-order chi connectivity index (χ1) is 7.78. The molecule has 0 aromatic carbocycles. The maximum Gasteiger partial charge on any atom is 0.0546 e. The molecule has 0 bridgehead atoms. The zero-order valence-electron chi connectivity index (χ0n) is 10.3. The minimum Gasteiger partial charge on any atom is -0.393 e. The van der Waals surface area contributed by atoms with E-state index >= 15 is 0 Å². The van der Waals surface area contributed by atoms with Crippen LogP contribution in [0, 0.1) is 11.3 Å². The van der Waals surface area contributed by atoms with Crippen LogP contribution in [-0.4, -0.2) is 23.8 Å². The van der Waals surface area contributed by atoms with Gasteiger partial charge in [-0.05, 0) is 56.4 Å². The van der Waals surface area contributed by atoms with Crippen LogP contribution in [0.2, 0.25) is 0 Å². The number of nitrogens with one attached hydrogen (secondary N) is 1. The van der Waals surface area contributed by atoms with E-state index in [9.17, 15) is 5.11 Å². The normalized spacial score (nSPS) is 41.4. The van der Waals surface area contributed by atoms with Crippen molar-refractivity contribution in [2.24, 2.45) is 11.3 Å². The first-order valence-corrected chi connectivity index (χ1v) is 7.20. The van der Waals surface area contributed by atoms with Crippen LogP contribution >= 0.6 is 0 Å². The van der Waals surface area contributed by atoms with Gasteiger partial charge in [0.15, 0.2) is 0 Å². The van der Waals surface area contributed by atoms with E-state index in [1.165, 1.54) is 44.9 Å². The molecule has 0 radical (unpaired) electrons. The topological polar surface area (TPSA) is 32.3 Å². The Hall–Kier alpha value is -0.0800. The molecular weight excluding hydrogens is 198 g/mol. The van der Waals surface area contributed by atoms with Gasteiger partial charge in [0.1, 0.15) is 0 Å². The molecule has 3 rings (SSSR count). The zero-order valence-corrected chi connectivity index (χ0v) is 10.3. The van der Waals surface area contributed by atoms with E-state index < -0.39 is 0 Å². The molecule has 0 heterocycles.